The maximum atomic E-state index is 12.9. The minimum absolute atomic E-state index is 0.0248. The molecular weight excluding hydrogens is 443 g/mol. The highest BCUT2D eigenvalue weighted by Gasteiger charge is 2.36. The van der Waals surface area contributed by atoms with Crippen molar-refractivity contribution in [2.75, 3.05) is 19.6 Å². The fourth-order valence-corrected chi connectivity index (χ4v) is 5.28. The molecule has 0 aliphatic carbocycles. The van der Waals surface area contributed by atoms with E-state index in [4.69, 9.17) is 5.73 Å². The molecule has 2 atom stereocenters. The van der Waals surface area contributed by atoms with E-state index in [0.717, 1.165) is 12.1 Å². The van der Waals surface area contributed by atoms with Gasteiger partial charge in [0.2, 0.25) is 15.9 Å². The van der Waals surface area contributed by atoms with Gasteiger partial charge < -0.3 is 11.1 Å². The molecule has 0 spiro atoms. The minimum Gasteiger partial charge on any atom is -0.352 e. The van der Waals surface area contributed by atoms with Gasteiger partial charge in [-0.15, -0.1) is 0 Å². The Bertz CT molecular complexity index is 1040. The summed E-state index contributed by atoms with van der Waals surface area (Å²) < 4.78 is 65.0. The molecule has 1 fully saturated rings. The molecule has 6 nitrogen and oxygen atoms in total. The van der Waals surface area contributed by atoms with E-state index in [-0.39, 0.29) is 35.6 Å². The van der Waals surface area contributed by atoms with Gasteiger partial charge in [-0.2, -0.15) is 17.5 Å². The van der Waals surface area contributed by atoms with E-state index in [1.165, 1.54) is 28.6 Å². The van der Waals surface area contributed by atoms with Crippen molar-refractivity contribution in [3.63, 3.8) is 0 Å². The van der Waals surface area contributed by atoms with Gasteiger partial charge in [-0.1, -0.05) is 31.2 Å². The molecule has 2 aromatic carbocycles. The number of halogens is 3. The number of carbonyl (C=O) groups excluding carboxylic acids is 1. The number of nitrogens with zero attached hydrogens (tertiary/aromatic N) is 1. The molecule has 0 aromatic heterocycles. The molecule has 174 valence electrons. The SMILES string of the molecule is CC1CN(S(=O)(=O)c2ccc(CC(=O)NCc3ccc(C(F)(F)F)cc3)cc2)CC1CN. The zero-order valence-electron chi connectivity index (χ0n) is 17.6. The molecule has 2 aromatic rings. The minimum atomic E-state index is -4.40. The number of sulfonamides is 1. The summed E-state index contributed by atoms with van der Waals surface area (Å²) in [6.07, 6.45) is -4.38. The summed E-state index contributed by atoms with van der Waals surface area (Å²) in [7, 11) is -3.62. The molecule has 2 unspecified atom stereocenters. The average Bonchev–Trinajstić information content (AvgIpc) is 3.14. The zero-order chi connectivity index (χ0) is 23.5. The van der Waals surface area contributed by atoms with Crippen LogP contribution in [0, 0.1) is 11.8 Å². The van der Waals surface area contributed by atoms with E-state index in [2.05, 4.69) is 5.32 Å². The topological polar surface area (TPSA) is 92.5 Å². The van der Waals surface area contributed by atoms with E-state index in [0.29, 0.717) is 30.8 Å². The number of benzene rings is 2. The van der Waals surface area contributed by atoms with Gasteiger partial charge in [0, 0.05) is 19.6 Å². The number of hydrogen-bond donors (Lipinski definition) is 2. The molecule has 0 bridgehead atoms. The van der Waals surface area contributed by atoms with Crippen LogP contribution in [0.1, 0.15) is 23.6 Å². The zero-order valence-corrected chi connectivity index (χ0v) is 18.4. The fraction of sp³-hybridized carbons (Fsp3) is 0.409. The molecule has 3 N–H and O–H groups in total. The second kappa shape index (κ2) is 9.60. The van der Waals surface area contributed by atoms with Crippen molar-refractivity contribution < 1.29 is 26.4 Å². The van der Waals surface area contributed by atoms with E-state index in [1.807, 2.05) is 6.92 Å². The maximum absolute atomic E-state index is 12.9. The van der Waals surface area contributed by atoms with Crippen LogP contribution in [0.5, 0.6) is 0 Å². The Morgan fingerprint density at radius 2 is 1.66 bits per heavy atom. The Morgan fingerprint density at radius 1 is 1.06 bits per heavy atom. The quantitative estimate of drug-likeness (QED) is 0.652. The van der Waals surface area contributed by atoms with Crippen LogP contribution in [0.2, 0.25) is 0 Å². The van der Waals surface area contributed by atoms with Crippen molar-refractivity contribution in [3.8, 4) is 0 Å². The van der Waals surface area contributed by atoms with Crippen molar-refractivity contribution in [1.82, 2.24) is 9.62 Å². The van der Waals surface area contributed by atoms with E-state index in [1.54, 1.807) is 12.1 Å². The van der Waals surface area contributed by atoms with E-state index >= 15 is 0 Å². The van der Waals surface area contributed by atoms with Crippen LogP contribution in [0.15, 0.2) is 53.4 Å². The Morgan fingerprint density at radius 3 is 2.19 bits per heavy atom. The van der Waals surface area contributed by atoms with Crippen LogP contribution in [-0.2, 0) is 34.0 Å². The normalized spacial score (nSPS) is 19.8. The van der Waals surface area contributed by atoms with E-state index in [9.17, 15) is 26.4 Å². The number of nitrogens with two attached hydrogens (primary N) is 1. The lowest BCUT2D eigenvalue weighted by molar-refractivity contribution is -0.137. The van der Waals surface area contributed by atoms with Gasteiger partial charge in [0.1, 0.15) is 0 Å². The third-order valence-electron chi connectivity index (χ3n) is 5.73. The molecule has 1 saturated heterocycles. The molecule has 3 rings (SSSR count). The number of amides is 1. The number of carbonyl (C=O) groups is 1. The van der Waals surface area contributed by atoms with Crippen LogP contribution in [-0.4, -0.2) is 38.3 Å². The summed E-state index contributed by atoms with van der Waals surface area (Å²) in [5, 5.41) is 2.65. The first kappa shape index (κ1) is 24.2. The number of rotatable bonds is 7. The highest BCUT2D eigenvalue weighted by Crippen LogP contribution is 2.29. The van der Waals surface area contributed by atoms with Gasteiger partial charge in [-0.25, -0.2) is 8.42 Å². The number of nitrogens with one attached hydrogen (secondary N) is 1. The van der Waals surface area contributed by atoms with Crippen LogP contribution >= 0.6 is 0 Å². The Hall–Kier alpha value is -2.43. The second-order valence-electron chi connectivity index (χ2n) is 8.09. The maximum Gasteiger partial charge on any atom is 0.416 e. The Labute approximate surface area is 185 Å². The lowest BCUT2D eigenvalue weighted by Gasteiger charge is -2.16. The molecule has 10 heteroatoms. The van der Waals surface area contributed by atoms with Crippen LogP contribution < -0.4 is 11.1 Å². The van der Waals surface area contributed by atoms with Gasteiger partial charge in [-0.3, -0.25) is 4.79 Å². The summed E-state index contributed by atoms with van der Waals surface area (Å²) in [5.41, 5.74) is 6.14. The lowest BCUT2D eigenvalue weighted by Crippen LogP contribution is -2.30. The summed E-state index contributed by atoms with van der Waals surface area (Å²) in [5.74, 6) is 0.0134. The average molecular weight is 470 g/mol. The van der Waals surface area contributed by atoms with Crippen LogP contribution in [0.25, 0.3) is 0 Å². The number of hydrogen-bond acceptors (Lipinski definition) is 4. The monoisotopic (exact) mass is 469 g/mol. The first-order chi connectivity index (χ1) is 15.0. The molecular formula is C22H26F3N3O3S. The van der Waals surface area contributed by atoms with Crippen molar-refractivity contribution in [3.05, 3.63) is 65.2 Å². The molecule has 1 aliphatic heterocycles. The Kier molecular flexibility index (Phi) is 7.26. The van der Waals surface area contributed by atoms with Gasteiger partial charge >= 0.3 is 6.18 Å². The highest BCUT2D eigenvalue weighted by molar-refractivity contribution is 7.89. The standard InChI is InChI=1S/C22H26F3N3O3S/c1-15-13-28(14-18(15)11-26)32(30,31)20-8-4-16(5-9-20)10-21(29)27-12-17-2-6-19(7-3-17)22(23,24)25/h2-9,15,18H,10-14,26H2,1H3,(H,27,29). The summed E-state index contributed by atoms with van der Waals surface area (Å²) in [6.45, 7) is 3.35. The van der Waals surface area contributed by atoms with Crippen LogP contribution in [0.4, 0.5) is 13.2 Å². The Balaban J connectivity index is 1.55. The molecule has 1 heterocycles. The molecule has 1 aliphatic rings. The van der Waals surface area contributed by atoms with Crippen molar-refractivity contribution in [2.24, 2.45) is 17.6 Å². The van der Waals surface area contributed by atoms with Gasteiger partial charge in [0.15, 0.2) is 0 Å². The van der Waals surface area contributed by atoms with Gasteiger partial charge in [-0.05, 0) is 53.8 Å². The van der Waals surface area contributed by atoms with Crippen molar-refractivity contribution in [1.29, 1.82) is 0 Å². The second-order valence-corrected chi connectivity index (χ2v) is 10.0. The molecule has 0 saturated carbocycles. The van der Waals surface area contributed by atoms with Gasteiger partial charge in [0.25, 0.3) is 0 Å². The predicted octanol–water partition coefficient (Wildman–Crippen LogP) is 2.78. The first-order valence-corrected chi connectivity index (χ1v) is 11.7. The smallest absolute Gasteiger partial charge is 0.352 e. The predicted molar refractivity (Wildman–Crippen MR) is 114 cm³/mol. The summed E-state index contributed by atoms with van der Waals surface area (Å²) >= 11 is 0. The van der Waals surface area contributed by atoms with Crippen LogP contribution in [0.3, 0.4) is 0 Å². The summed E-state index contributed by atoms with van der Waals surface area (Å²) in [6, 6.07) is 10.7. The number of alkyl halides is 3. The third-order valence-corrected chi connectivity index (χ3v) is 7.58. The van der Waals surface area contributed by atoms with Crippen molar-refractivity contribution >= 4 is 15.9 Å². The third kappa shape index (κ3) is 5.67. The summed E-state index contributed by atoms with van der Waals surface area (Å²) in [4.78, 5) is 12.3. The van der Waals surface area contributed by atoms with Crippen molar-refractivity contribution in [2.45, 2.75) is 31.0 Å². The van der Waals surface area contributed by atoms with Gasteiger partial charge in [0.05, 0.1) is 16.9 Å². The highest BCUT2D eigenvalue weighted by atomic mass is 32.2. The first-order valence-electron chi connectivity index (χ1n) is 10.2. The largest absolute Gasteiger partial charge is 0.416 e. The lowest BCUT2D eigenvalue weighted by atomic mass is 9.99. The fourth-order valence-electron chi connectivity index (χ4n) is 3.68. The molecule has 32 heavy (non-hydrogen) atoms. The molecule has 0 radical (unpaired) electrons. The molecule has 1 amide bonds. The van der Waals surface area contributed by atoms with E-state index < -0.39 is 21.8 Å².